The highest BCUT2D eigenvalue weighted by Gasteiger charge is 2.22. The van der Waals surface area contributed by atoms with Crippen molar-refractivity contribution in [3.8, 4) is 11.4 Å². The minimum Gasteiger partial charge on any atom is -0.370 e. The fourth-order valence-electron chi connectivity index (χ4n) is 5.33. The molecule has 2 amide bonds. The SMILES string of the molecule is CC(C)c1c(C(=O)NC(=N)N)cnn1-c1ccc2ncccc2c1.CCCc1c(C(=O)NC(=N)N)cnn1-c1ccc2ncccc2c1. The number of aromatic nitrogens is 6. The quantitative estimate of drug-likeness (QED) is 0.109. The first-order valence-corrected chi connectivity index (χ1v) is 15.2. The molecule has 244 valence electrons. The summed E-state index contributed by atoms with van der Waals surface area (Å²) in [4.78, 5) is 33.1. The van der Waals surface area contributed by atoms with Gasteiger partial charge in [-0.2, -0.15) is 10.2 Å². The molecule has 0 aliphatic heterocycles. The molecule has 0 bridgehead atoms. The molecule has 0 atom stereocenters. The number of hydrogen-bond acceptors (Lipinski definition) is 8. The molecule has 48 heavy (non-hydrogen) atoms. The maximum atomic E-state index is 12.2. The minimum atomic E-state index is -0.431. The molecule has 0 saturated heterocycles. The van der Waals surface area contributed by atoms with E-state index < -0.39 is 11.8 Å². The number of pyridine rings is 2. The molecular formula is C34H36N12O2. The topological polar surface area (TPSA) is 219 Å². The van der Waals surface area contributed by atoms with Crippen LogP contribution in [0.2, 0.25) is 0 Å². The summed E-state index contributed by atoms with van der Waals surface area (Å²) < 4.78 is 3.50. The molecule has 0 spiro atoms. The van der Waals surface area contributed by atoms with Crippen LogP contribution < -0.4 is 22.1 Å². The molecule has 6 rings (SSSR count). The van der Waals surface area contributed by atoms with E-state index in [0.717, 1.165) is 51.0 Å². The molecule has 4 aromatic heterocycles. The van der Waals surface area contributed by atoms with Crippen LogP contribution in [0.15, 0.2) is 85.5 Å². The van der Waals surface area contributed by atoms with Crippen LogP contribution in [0, 0.1) is 10.8 Å². The fourth-order valence-corrected chi connectivity index (χ4v) is 5.33. The number of nitrogens with two attached hydrogens (primary N) is 2. The monoisotopic (exact) mass is 644 g/mol. The van der Waals surface area contributed by atoms with Crippen molar-refractivity contribution in [3.63, 3.8) is 0 Å². The predicted octanol–water partition coefficient (Wildman–Crippen LogP) is 4.16. The Hall–Kier alpha value is -6.44. The lowest BCUT2D eigenvalue weighted by Crippen LogP contribution is -2.36. The predicted molar refractivity (Wildman–Crippen MR) is 185 cm³/mol. The number of nitrogens with one attached hydrogen (secondary N) is 4. The van der Waals surface area contributed by atoms with Gasteiger partial charge in [0.2, 0.25) is 0 Å². The van der Waals surface area contributed by atoms with Gasteiger partial charge in [-0.15, -0.1) is 0 Å². The molecule has 2 aromatic carbocycles. The van der Waals surface area contributed by atoms with Gasteiger partial charge in [0.15, 0.2) is 11.9 Å². The zero-order valence-electron chi connectivity index (χ0n) is 26.7. The summed E-state index contributed by atoms with van der Waals surface area (Å²) in [5.74, 6) is -1.56. The standard InChI is InChI=1S/2C17H18N6O/c1-10(2)15-13(16(24)22-17(18)19)9-21-23(15)12-5-6-14-11(8-12)4-3-7-20-14;1-2-4-15-13(16(24)22-17(18)19)10-21-23(15)12-6-7-14-11(9-12)5-3-8-20-14/h3-10H,1-2H3,(H4,18,19,22,24);3,5-10H,2,4H2,1H3,(H4,18,19,22,24). The Morgan fingerprint density at radius 2 is 1.27 bits per heavy atom. The number of amides is 2. The molecule has 0 aliphatic rings. The number of carbonyl (C=O) groups is 2. The van der Waals surface area contributed by atoms with Crippen molar-refractivity contribution in [1.82, 2.24) is 40.2 Å². The Kier molecular flexibility index (Phi) is 9.83. The number of benzene rings is 2. The molecule has 0 radical (unpaired) electrons. The van der Waals surface area contributed by atoms with Crippen molar-refractivity contribution < 1.29 is 9.59 Å². The van der Waals surface area contributed by atoms with E-state index in [1.807, 2.05) is 81.4 Å². The highest BCUT2D eigenvalue weighted by atomic mass is 16.2. The number of fused-ring (bicyclic) bond motifs is 2. The molecule has 0 aliphatic carbocycles. The van der Waals surface area contributed by atoms with Gasteiger partial charge >= 0.3 is 0 Å². The van der Waals surface area contributed by atoms with E-state index in [2.05, 4.69) is 30.8 Å². The van der Waals surface area contributed by atoms with Gasteiger partial charge in [0.1, 0.15) is 0 Å². The summed E-state index contributed by atoms with van der Waals surface area (Å²) in [6.07, 6.45) is 8.06. The van der Waals surface area contributed by atoms with Crippen LogP contribution in [0.5, 0.6) is 0 Å². The molecule has 14 nitrogen and oxygen atoms in total. The van der Waals surface area contributed by atoms with Crippen molar-refractivity contribution in [3.05, 3.63) is 108 Å². The Balaban J connectivity index is 0.000000188. The van der Waals surface area contributed by atoms with Crippen LogP contribution in [-0.4, -0.2) is 53.3 Å². The third-order valence-electron chi connectivity index (χ3n) is 7.36. The highest BCUT2D eigenvalue weighted by molar-refractivity contribution is 6.05. The summed E-state index contributed by atoms with van der Waals surface area (Å²) in [5.41, 5.74) is 16.4. The molecular weight excluding hydrogens is 608 g/mol. The third kappa shape index (κ3) is 7.17. The number of nitrogens with zero attached hydrogens (tertiary/aromatic N) is 6. The first kappa shape index (κ1) is 32.9. The van der Waals surface area contributed by atoms with E-state index in [1.165, 1.54) is 12.4 Å². The zero-order valence-corrected chi connectivity index (χ0v) is 26.7. The van der Waals surface area contributed by atoms with E-state index in [4.69, 9.17) is 22.3 Å². The summed E-state index contributed by atoms with van der Waals surface area (Å²) in [6.45, 7) is 6.01. The Labute approximate surface area is 276 Å². The van der Waals surface area contributed by atoms with Gasteiger partial charge in [0.05, 0.1) is 57.3 Å². The number of guanidine groups is 2. The second-order valence-electron chi connectivity index (χ2n) is 11.2. The zero-order chi connectivity index (χ0) is 34.4. The lowest BCUT2D eigenvalue weighted by atomic mass is 10.0. The first-order valence-electron chi connectivity index (χ1n) is 15.2. The number of rotatable bonds is 7. The van der Waals surface area contributed by atoms with Gasteiger partial charge in [-0.05, 0) is 60.9 Å². The summed E-state index contributed by atoms with van der Waals surface area (Å²) in [7, 11) is 0. The van der Waals surface area contributed by atoms with Gasteiger partial charge in [0.25, 0.3) is 11.8 Å². The number of carbonyl (C=O) groups excluding carboxylic acids is 2. The summed E-state index contributed by atoms with van der Waals surface area (Å²) >= 11 is 0. The van der Waals surface area contributed by atoms with Crippen LogP contribution in [0.1, 0.15) is 65.2 Å². The van der Waals surface area contributed by atoms with Gasteiger partial charge in [-0.3, -0.25) is 41.0 Å². The van der Waals surface area contributed by atoms with Gasteiger partial charge in [0, 0.05) is 23.2 Å². The smallest absolute Gasteiger partial charge is 0.261 e. The first-order chi connectivity index (χ1) is 23.1. The maximum absolute atomic E-state index is 12.2. The maximum Gasteiger partial charge on any atom is 0.261 e. The van der Waals surface area contributed by atoms with Crippen molar-refractivity contribution in [2.75, 3.05) is 0 Å². The van der Waals surface area contributed by atoms with E-state index in [0.29, 0.717) is 17.5 Å². The minimum absolute atomic E-state index is 0.0600. The third-order valence-corrected chi connectivity index (χ3v) is 7.36. The molecule has 0 fully saturated rings. The molecule has 0 unspecified atom stereocenters. The van der Waals surface area contributed by atoms with Crippen molar-refractivity contribution in [2.24, 2.45) is 11.5 Å². The lowest BCUT2D eigenvalue weighted by molar-refractivity contribution is 0.0966. The van der Waals surface area contributed by atoms with E-state index >= 15 is 0 Å². The van der Waals surface area contributed by atoms with Crippen LogP contribution in [0.3, 0.4) is 0 Å². The normalized spacial score (nSPS) is 10.8. The fraction of sp³-hybridized carbons (Fsp3) is 0.176. The number of hydrogen-bond donors (Lipinski definition) is 6. The molecule has 0 saturated carbocycles. The Bertz CT molecular complexity index is 2150. The molecule has 14 heteroatoms. The largest absolute Gasteiger partial charge is 0.370 e. The van der Waals surface area contributed by atoms with Crippen molar-refractivity contribution >= 4 is 45.5 Å². The van der Waals surface area contributed by atoms with Gasteiger partial charge < -0.3 is 11.5 Å². The summed E-state index contributed by atoms with van der Waals surface area (Å²) in [6, 6.07) is 19.4. The lowest BCUT2D eigenvalue weighted by Gasteiger charge is -2.13. The van der Waals surface area contributed by atoms with Crippen molar-refractivity contribution in [2.45, 2.75) is 39.5 Å². The van der Waals surface area contributed by atoms with E-state index in [1.54, 1.807) is 21.8 Å². The van der Waals surface area contributed by atoms with E-state index in [9.17, 15) is 9.59 Å². The van der Waals surface area contributed by atoms with E-state index in [-0.39, 0.29) is 17.8 Å². The van der Waals surface area contributed by atoms with Crippen LogP contribution in [-0.2, 0) is 6.42 Å². The van der Waals surface area contributed by atoms with Crippen LogP contribution in [0.4, 0.5) is 0 Å². The second-order valence-corrected chi connectivity index (χ2v) is 11.2. The van der Waals surface area contributed by atoms with Gasteiger partial charge in [-0.25, -0.2) is 9.36 Å². The molecule has 6 aromatic rings. The highest BCUT2D eigenvalue weighted by Crippen LogP contribution is 2.25. The summed E-state index contributed by atoms with van der Waals surface area (Å²) in [5, 5.41) is 29.8. The van der Waals surface area contributed by atoms with Crippen LogP contribution >= 0.6 is 0 Å². The average molecular weight is 645 g/mol. The Morgan fingerprint density at radius 3 is 1.79 bits per heavy atom. The Morgan fingerprint density at radius 1 is 0.771 bits per heavy atom. The van der Waals surface area contributed by atoms with Gasteiger partial charge in [-0.1, -0.05) is 39.3 Å². The average Bonchev–Trinajstić information content (AvgIpc) is 3.70. The second kappa shape index (κ2) is 14.3. The molecule has 4 heterocycles. The molecule has 8 N–H and O–H groups in total. The van der Waals surface area contributed by atoms with Crippen molar-refractivity contribution in [1.29, 1.82) is 10.8 Å². The van der Waals surface area contributed by atoms with Crippen LogP contribution in [0.25, 0.3) is 33.2 Å².